The second-order valence-electron chi connectivity index (χ2n) is 5.55. The summed E-state index contributed by atoms with van der Waals surface area (Å²) in [6.45, 7) is 15.0. The van der Waals surface area contributed by atoms with E-state index in [-0.39, 0.29) is 23.9 Å². The highest BCUT2D eigenvalue weighted by molar-refractivity contribution is 6.10. The molecule has 0 atom stereocenters. The summed E-state index contributed by atoms with van der Waals surface area (Å²) >= 11 is 0. The van der Waals surface area contributed by atoms with Crippen LogP contribution in [-0.4, -0.2) is 33.9 Å². The van der Waals surface area contributed by atoms with Crippen LogP contribution in [0.1, 0.15) is 40.5 Å². The van der Waals surface area contributed by atoms with Gasteiger partial charge in [-0.15, -0.1) is 13.2 Å². The minimum absolute atomic E-state index is 0.0460. The lowest BCUT2D eigenvalue weighted by atomic mass is 9.80. The van der Waals surface area contributed by atoms with Gasteiger partial charge < -0.3 is 0 Å². The summed E-state index contributed by atoms with van der Waals surface area (Å²) in [5, 5.41) is 3.17. The molecular formula is C15H24N2O2. The van der Waals surface area contributed by atoms with E-state index in [1.165, 1.54) is 0 Å². The third-order valence-electron chi connectivity index (χ3n) is 3.43. The Kier molecular flexibility index (Phi) is 4.56. The van der Waals surface area contributed by atoms with Crippen LogP contribution in [-0.2, 0) is 9.59 Å². The maximum absolute atomic E-state index is 12.7. The Morgan fingerprint density at radius 3 is 1.47 bits per heavy atom. The number of hydrogen-bond donors (Lipinski definition) is 0. The lowest BCUT2D eigenvalue weighted by Crippen LogP contribution is -2.48. The molecule has 4 nitrogen and oxygen atoms in total. The molecule has 0 saturated carbocycles. The van der Waals surface area contributed by atoms with Gasteiger partial charge in [-0.2, -0.15) is 0 Å². The van der Waals surface area contributed by atoms with Crippen molar-refractivity contribution in [3.8, 4) is 0 Å². The topological polar surface area (TPSA) is 40.6 Å². The lowest BCUT2D eigenvalue weighted by molar-refractivity contribution is -0.154. The van der Waals surface area contributed by atoms with Gasteiger partial charge in [0.1, 0.15) is 5.41 Å². The Bertz CT molecular complexity index is 361. The number of hydrazine groups is 1. The molecule has 0 N–H and O–H groups in total. The molecular weight excluding hydrogens is 240 g/mol. The monoisotopic (exact) mass is 264 g/mol. The summed E-state index contributed by atoms with van der Waals surface area (Å²) in [5.41, 5.74) is -1.04. The van der Waals surface area contributed by atoms with Crippen LogP contribution in [0.15, 0.2) is 25.3 Å². The fourth-order valence-electron chi connectivity index (χ4n) is 2.62. The molecule has 4 heteroatoms. The summed E-state index contributed by atoms with van der Waals surface area (Å²) in [5.74, 6) is -0.276. The third-order valence-corrected chi connectivity index (χ3v) is 3.43. The molecule has 0 unspecified atom stereocenters. The average Bonchev–Trinajstić information content (AvgIpc) is 2.52. The first kappa shape index (κ1) is 15.5. The molecule has 19 heavy (non-hydrogen) atoms. The van der Waals surface area contributed by atoms with Crippen LogP contribution in [0.2, 0.25) is 0 Å². The summed E-state index contributed by atoms with van der Waals surface area (Å²) in [7, 11) is 0. The molecule has 0 spiro atoms. The smallest absolute Gasteiger partial charge is 0.257 e. The number of hydrogen-bond acceptors (Lipinski definition) is 2. The van der Waals surface area contributed by atoms with E-state index in [2.05, 4.69) is 13.2 Å². The average molecular weight is 264 g/mol. The highest BCUT2D eigenvalue weighted by Crippen LogP contribution is 2.40. The predicted octanol–water partition coefficient (Wildman–Crippen LogP) is 2.53. The molecule has 0 bridgehead atoms. The lowest BCUT2D eigenvalue weighted by Gasteiger charge is -2.33. The molecule has 1 aliphatic rings. The van der Waals surface area contributed by atoms with E-state index in [0.717, 1.165) is 0 Å². The van der Waals surface area contributed by atoms with Crippen molar-refractivity contribution in [2.24, 2.45) is 5.41 Å². The van der Waals surface area contributed by atoms with Crippen LogP contribution in [0.5, 0.6) is 0 Å². The van der Waals surface area contributed by atoms with E-state index >= 15 is 0 Å². The highest BCUT2D eigenvalue weighted by atomic mass is 16.2. The summed E-state index contributed by atoms with van der Waals surface area (Å²) in [4.78, 5) is 25.5. The van der Waals surface area contributed by atoms with Gasteiger partial charge in [0.15, 0.2) is 0 Å². The van der Waals surface area contributed by atoms with E-state index in [1.54, 1.807) is 22.2 Å². The van der Waals surface area contributed by atoms with Crippen LogP contribution in [0.4, 0.5) is 0 Å². The quantitative estimate of drug-likeness (QED) is 0.546. The van der Waals surface area contributed by atoms with Gasteiger partial charge in [-0.1, -0.05) is 12.2 Å². The molecule has 0 aromatic heterocycles. The van der Waals surface area contributed by atoms with E-state index < -0.39 is 5.41 Å². The summed E-state index contributed by atoms with van der Waals surface area (Å²) in [6, 6.07) is -0.0919. The van der Waals surface area contributed by atoms with Gasteiger partial charge in [0.05, 0.1) is 0 Å². The molecule has 1 heterocycles. The minimum atomic E-state index is -1.04. The molecule has 0 aliphatic carbocycles. The first-order chi connectivity index (χ1) is 8.83. The van der Waals surface area contributed by atoms with E-state index in [9.17, 15) is 9.59 Å². The van der Waals surface area contributed by atoms with Crippen LogP contribution in [0, 0.1) is 5.41 Å². The minimum Gasteiger partial charge on any atom is -0.272 e. The summed E-state index contributed by atoms with van der Waals surface area (Å²) in [6.07, 6.45) is 3.98. The van der Waals surface area contributed by atoms with Gasteiger partial charge in [-0.25, -0.2) is 10.0 Å². The Morgan fingerprint density at radius 2 is 1.26 bits per heavy atom. The number of carbonyl (C=O) groups is 2. The maximum atomic E-state index is 12.7. The fourth-order valence-corrected chi connectivity index (χ4v) is 2.62. The number of allylic oxidation sites excluding steroid dienone is 2. The van der Waals surface area contributed by atoms with Crippen molar-refractivity contribution in [1.29, 1.82) is 0 Å². The zero-order valence-corrected chi connectivity index (χ0v) is 12.3. The second kappa shape index (κ2) is 5.59. The summed E-state index contributed by atoms with van der Waals surface area (Å²) < 4.78 is 0. The van der Waals surface area contributed by atoms with Gasteiger partial charge in [0.2, 0.25) is 0 Å². The number of nitrogens with zero attached hydrogens (tertiary/aromatic N) is 2. The van der Waals surface area contributed by atoms with Crippen molar-refractivity contribution in [2.45, 2.75) is 52.6 Å². The molecule has 1 saturated heterocycles. The fraction of sp³-hybridized carbons (Fsp3) is 0.600. The van der Waals surface area contributed by atoms with Crippen LogP contribution < -0.4 is 0 Å². The predicted molar refractivity (Wildman–Crippen MR) is 76.0 cm³/mol. The van der Waals surface area contributed by atoms with Crippen molar-refractivity contribution in [1.82, 2.24) is 10.0 Å². The van der Waals surface area contributed by atoms with Gasteiger partial charge in [0, 0.05) is 12.1 Å². The van der Waals surface area contributed by atoms with E-state index in [0.29, 0.717) is 12.8 Å². The Balaban J connectivity index is 3.34. The zero-order valence-electron chi connectivity index (χ0n) is 12.3. The van der Waals surface area contributed by atoms with Gasteiger partial charge in [-0.05, 0) is 40.5 Å². The van der Waals surface area contributed by atoms with Crippen LogP contribution in [0.25, 0.3) is 0 Å². The van der Waals surface area contributed by atoms with Gasteiger partial charge in [0.25, 0.3) is 11.8 Å². The van der Waals surface area contributed by atoms with Crippen molar-refractivity contribution >= 4 is 11.8 Å². The third kappa shape index (κ3) is 2.31. The highest BCUT2D eigenvalue weighted by Gasteiger charge is 2.57. The molecule has 1 rings (SSSR count). The number of rotatable bonds is 6. The molecule has 2 amide bonds. The van der Waals surface area contributed by atoms with E-state index in [1.807, 2.05) is 27.7 Å². The standard InChI is InChI=1S/C15H24N2O2/c1-7-9-15(10-8-2)13(18)16(11(3)4)17(12(5)6)14(15)19/h7-8,11-12H,1-2,9-10H2,3-6H3. The van der Waals surface area contributed by atoms with Gasteiger partial charge in [-0.3, -0.25) is 9.59 Å². The first-order valence-corrected chi connectivity index (χ1v) is 6.72. The second-order valence-corrected chi connectivity index (χ2v) is 5.55. The molecule has 0 radical (unpaired) electrons. The Hall–Kier alpha value is -1.58. The number of carbonyl (C=O) groups excluding carboxylic acids is 2. The molecule has 1 aliphatic heterocycles. The van der Waals surface area contributed by atoms with E-state index in [4.69, 9.17) is 0 Å². The van der Waals surface area contributed by atoms with Crippen molar-refractivity contribution in [3.05, 3.63) is 25.3 Å². The molecule has 0 aromatic rings. The Labute approximate surface area is 115 Å². The largest absolute Gasteiger partial charge is 0.272 e. The zero-order chi connectivity index (χ0) is 14.8. The van der Waals surface area contributed by atoms with Crippen molar-refractivity contribution < 1.29 is 9.59 Å². The van der Waals surface area contributed by atoms with Crippen LogP contribution in [0.3, 0.4) is 0 Å². The molecule has 0 aromatic carbocycles. The normalized spacial score (nSPS) is 18.6. The molecule has 1 fully saturated rings. The van der Waals surface area contributed by atoms with Crippen LogP contribution >= 0.6 is 0 Å². The van der Waals surface area contributed by atoms with Crippen molar-refractivity contribution in [3.63, 3.8) is 0 Å². The maximum Gasteiger partial charge on any atom is 0.257 e. The SMILES string of the molecule is C=CCC1(CC=C)C(=O)N(C(C)C)N(C(C)C)C1=O. The van der Waals surface area contributed by atoms with Gasteiger partial charge >= 0.3 is 0 Å². The first-order valence-electron chi connectivity index (χ1n) is 6.72. The number of amides is 2. The van der Waals surface area contributed by atoms with Crippen molar-refractivity contribution in [2.75, 3.05) is 0 Å². The molecule has 106 valence electrons. The Morgan fingerprint density at radius 1 is 0.947 bits per heavy atom.